The fourth-order valence-corrected chi connectivity index (χ4v) is 5.09. The van der Waals surface area contributed by atoms with E-state index in [1.165, 1.54) is 96.3 Å². The number of hydrogen-bond acceptors (Lipinski definition) is 2. The van der Waals surface area contributed by atoms with Crippen LogP contribution in [0.2, 0.25) is 0 Å². The van der Waals surface area contributed by atoms with Gasteiger partial charge in [0.1, 0.15) is 6.54 Å². The molecule has 0 aromatic carbocycles. The van der Waals surface area contributed by atoms with Gasteiger partial charge < -0.3 is 5.32 Å². The molecule has 4 heteroatoms. The van der Waals surface area contributed by atoms with E-state index in [1.807, 2.05) is 6.21 Å². The first kappa shape index (κ1) is 28.9. The lowest BCUT2D eigenvalue weighted by molar-refractivity contribution is -0.958. The summed E-state index contributed by atoms with van der Waals surface area (Å²) in [6.07, 6.45) is 29.0. The van der Waals surface area contributed by atoms with E-state index < -0.39 is 0 Å². The van der Waals surface area contributed by atoms with Crippen molar-refractivity contribution >= 4 is 12.1 Å². The highest BCUT2D eigenvalue weighted by molar-refractivity contribution is 5.73. The van der Waals surface area contributed by atoms with Gasteiger partial charge in [0.25, 0.3) is 0 Å². The molecule has 0 fully saturated rings. The molecule has 0 aromatic rings. The summed E-state index contributed by atoms with van der Waals surface area (Å²) in [7, 11) is 0. The topological polar surface area (TPSA) is 41.5 Å². The summed E-state index contributed by atoms with van der Waals surface area (Å²) in [5.41, 5.74) is 0. The van der Waals surface area contributed by atoms with E-state index in [0.717, 1.165) is 24.0 Å². The third kappa shape index (κ3) is 11.6. The van der Waals surface area contributed by atoms with E-state index >= 15 is 0 Å². The number of hydrogen-bond donors (Lipinski definition) is 1. The highest BCUT2D eigenvalue weighted by atomic mass is 16.1. The molecule has 1 heterocycles. The lowest BCUT2D eigenvalue weighted by Crippen LogP contribution is -2.63. The second-order valence-electron chi connectivity index (χ2n) is 9.88. The van der Waals surface area contributed by atoms with E-state index in [9.17, 15) is 4.79 Å². The molecule has 3 unspecified atom stereocenters. The lowest BCUT2D eigenvalue weighted by Gasteiger charge is -2.42. The fourth-order valence-electron chi connectivity index (χ4n) is 5.09. The predicted molar refractivity (Wildman–Crippen MR) is 140 cm³/mol. The van der Waals surface area contributed by atoms with Crippen LogP contribution in [0.3, 0.4) is 0 Å². The van der Waals surface area contributed by atoms with E-state index in [1.54, 1.807) is 6.92 Å². The van der Waals surface area contributed by atoms with Gasteiger partial charge in [-0.3, -0.25) is 9.28 Å². The second-order valence-corrected chi connectivity index (χ2v) is 9.88. The fraction of sp³-hybridized carbons (Fsp3) is 0.857. The molecule has 0 radical (unpaired) electrons. The molecule has 32 heavy (non-hydrogen) atoms. The van der Waals surface area contributed by atoms with Crippen molar-refractivity contribution in [3.05, 3.63) is 12.2 Å². The number of nitrogens with zero attached hydrogens (tertiary/aromatic N) is 2. The summed E-state index contributed by atoms with van der Waals surface area (Å²) in [4.78, 5) is 16.3. The molecule has 0 spiro atoms. The SMILES string of the molecule is CCCCCCCCCCCCCCCC/C=C/CC1N=CC[N+]1(CC)C(C)NC(C)=O. The molecule has 1 rings (SSSR count). The standard InChI is InChI=1S/C28H53N3O/c1-5-7-8-9-10-11-12-13-14-15-16-17-18-19-20-21-22-23-28-29-24-25-31(28,6-2)26(3)30-27(4)32/h21-22,24,26,28H,5-20,23,25H2,1-4H3/p+1/b22-21+. The quantitative estimate of drug-likeness (QED) is 0.117. The van der Waals surface area contributed by atoms with Gasteiger partial charge in [0.15, 0.2) is 12.3 Å². The zero-order valence-corrected chi connectivity index (χ0v) is 21.9. The molecule has 0 aromatic heterocycles. The minimum absolute atomic E-state index is 0.0439. The summed E-state index contributed by atoms with van der Waals surface area (Å²) in [6, 6.07) is 0. The smallest absolute Gasteiger partial charge is 0.221 e. The summed E-state index contributed by atoms with van der Waals surface area (Å²) < 4.78 is 0.836. The van der Waals surface area contributed by atoms with Gasteiger partial charge in [0.2, 0.25) is 5.91 Å². The van der Waals surface area contributed by atoms with Crippen molar-refractivity contribution in [3.8, 4) is 0 Å². The van der Waals surface area contributed by atoms with Crippen LogP contribution < -0.4 is 5.32 Å². The Balaban J connectivity index is 2.02. The zero-order valence-electron chi connectivity index (χ0n) is 21.9. The van der Waals surface area contributed by atoms with Crippen molar-refractivity contribution in [2.24, 2.45) is 4.99 Å². The van der Waals surface area contributed by atoms with Crippen LogP contribution in [0.5, 0.6) is 0 Å². The number of amides is 1. The van der Waals surface area contributed by atoms with Crippen LogP contribution >= 0.6 is 0 Å². The van der Waals surface area contributed by atoms with E-state index in [-0.39, 0.29) is 18.2 Å². The number of allylic oxidation sites excluding steroid dienone is 1. The summed E-state index contributed by atoms with van der Waals surface area (Å²) in [5, 5.41) is 3.09. The lowest BCUT2D eigenvalue weighted by atomic mass is 10.0. The normalized spacial score (nSPS) is 21.4. The van der Waals surface area contributed by atoms with Crippen LogP contribution in [0.15, 0.2) is 17.1 Å². The van der Waals surface area contributed by atoms with Crippen LogP contribution in [-0.2, 0) is 4.79 Å². The van der Waals surface area contributed by atoms with E-state index in [4.69, 9.17) is 4.99 Å². The molecule has 0 aliphatic carbocycles. The molecule has 0 bridgehead atoms. The van der Waals surface area contributed by atoms with Gasteiger partial charge in [-0.05, 0) is 19.8 Å². The second kappa shape index (κ2) is 18.3. The number of rotatable bonds is 20. The van der Waals surface area contributed by atoms with Crippen LogP contribution in [0.1, 0.15) is 130 Å². The molecule has 1 aliphatic rings. The maximum Gasteiger partial charge on any atom is 0.221 e. The number of carbonyl (C=O) groups excluding carboxylic acids is 1. The molecule has 0 saturated heterocycles. The van der Waals surface area contributed by atoms with Crippen molar-refractivity contribution < 1.29 is 9.28 Å². The largest absolute Gasteiger partial charge is 0.307 e. The average molecular weight is 449 g/mol. The molecule has 186 valence electrons. The number of unbranched alkanes of at least 4 members (excludes halogenated alkanes) is 14. The Hall–Kier alpha value is -1.16. The number of aliphatic imine (C=N–C) groups is 1. The van der Waals surface area contributed by atoms with Gasteiger partial charge in [-0.25, -0.2) is 4.99 Å². The van der Waals surface area contributed by atoms with Crippen molar-refractivity contribution in [2.45, 2.75) is 143 Å². The van der Waals surface area contributed by atoms with Crippen LogP contribution in [0.25, 0.3) is 0 Å². The van der Waals surface area contributed by atoms with Crippen LogP contribution in [0, 0.1) is 0 Å². The Labute approximate surface area is 199 Å². The third-order valence-electron chi connectivity index (χ3n) is 7.30. The van der Waals surface area contributed by atoms with Crippen molar-refractivity contribution in [2.75, 3.05) is 13.1 Å². The van der Waals surface area contributed by atoms with Crippen molar-refractivity contribution in [3.63, 3.8) is 0 Å². The monoisotopic (exact) mass is 448 g/mol. The maximum absolute atomic E-state index is 11.5. The Morgan fingerprint density at radius 2 is 1.47 bits per heavy atom. The molecule has 4 nitrogen and oxygen atoms in total. The summed E-state index contributed by atoms with van der Waals surface area (Å²) in [6.45, 7) is 10.1. The summed E-state index contributed by atoms with van der Waals surface area (Å²) in [5.74, 6) is 0.0439. The summed E-state index contributed by atoms with van der Waals surface area (Å²) >= 11 is 0. The maximum atomic E-state index is 11.5. The highest BCUT2D eigenvalue weighted by Crippen LogP contribution is 2.25. The molecule has 1 amide bonds. The van der Waals surface area contributed by atoms with Gasteiger partial charge >= 0.3 is 0 Å². The first-order valence-electron chi connectivity index (χ1n) is 13.9. The Kier molecular flexibility index (Phi) is 16.5. The zero-order chi connectivity index (χ0) is 23.5. The van der Waals surface area contributed by atoms with Crippen molar-refractivity contribution in [1.82, 2.24) is 5.32 Å². The van der Waals surface area contributed by atoms with Gasteiger partial charge in [-0.15, -0.1) is 0 Å². The van der Waals surface area contributed by atoms with E-state index in [2.05, 4.69) is 38.2 Å². The number of quaternary nitrogens is 1. The molecule has 1 aliphatic heterocycles. The highest BCUT2D eigenvalue weighted by Gasteiger charge is 2.42. The third-order valence-corrected chi connectivity index (χ3v) is 7.30. The molecule has 3 atom stereocenters. The van der Waals surface area contributed by atoms with Gasteiger partial charge in [-0.2, -0.15) is 0 Å². The predicted octanol–water partition coefficient (Wildman–Crippen LogP) is 7.53. The molecular weight excluding hydrogens is 394 g/mol. The van der Waals surface area contributed by atoms with Crippen LogP contribution in [-0.4, -0.2) is 42.0 Å². The Morgan fingerprint density at radius 3 is 1.97 bits per heavy atom. The Morgan fingerprint density at radius 1 is 0.938 bits per heavy atom. The molecule has 0 saturated carbocycles. The van der Waals surface area contributed by atoms with Gasteiger partial charge in [0, 0.05) is 20.3 Å². The first-order valence-corrected chi connectivity index (χ1v) is 13.9. The molecule has 1 N–H and O–H groups in total. The van der Waals surface area contributed by atoms with Gasteiger partial charge in [-0.1, -0.05) is 103 Å². The van der Waals surface area contributed by atoms with E-state index in [0.29, 0.717) is 0 Å². The van der Waals surface area contributed by atoms with Gasteiger partial charge in [0.05, 0.1) is 12.8 Å². The minimum atomic E-state index is 0.0439. The Bertz CT molecular complexity index is 531. The van der Waals surface area contributed by atoms with Crippen LogP contribution in [0.4, 0.5) is 0 Å². The average Bonchev–Trinajstić information content (AvgIpc) is 3.19. The number of nitrogens with one attached hydrogen (secondary N) is 1. The van der Waals surface area contributed by atoms with Crippen molar-refractivity contribution in [1.29, 1.82) is 0 Å². The molecular formula is C28H54N3O+. The minimum Gasteiger partial charge on any atom is -0.307 e. The first-order chi connectivity index (χ1) is 15.6. The number of carbonyl (C=O) groups is 1.